The third-order valence-corrected chi connectivity index (χ3v) is 4.07. The zero-order valence-corrected chi connectivity index (χ0v) is 10.6. The van der Waals surface area contributed by atoms with Crippen LogP contribution in [0, 0.1) is 0 Å². The second-order valence-corrected chi connectivity index (χ2v) is 5.34. The van der Waals surface area contributed by atoms with Crippen LogP contribution in [0.25, 0.3) is 0 Å². The smallest absolute Gasteiger partial charge is 0.381 e. The number of nitrogens with one attached hydrogen (secondary N) is 1. The van der Waals surface area contributed by atoms with Crippen LogP contribution in [-0.4, -0.2) is 46.7 Å². The van der Waals surface area contributed by atoms with E-state index in [9.17, 15) is 18.3 Å². The Morgan fingerprint density at radius 3 is 2.89 bits per heavy atom. The summed E-state index contributed by atoms with van der Waals surface area (Å²) in [7, 11) is 0. The minimum atomic E-state index is -4.63. The van der Waals surface area contributed by atoms with Crippen molar-refractivity contribution in [3.8, 4) is 0 Å². The van der Waals surface area contributed by atoms with E-state index in [0.717, 1.165) is 0 Å². The average molecular weight is 284 g/mol. The second-order valence-electron chi connectivity index (χ2n) is 4.25. The highest BCUT2D eigenvalue weighted by Crippen LogP contribution is 2.37. The Morgan fingerprint density at radius 2 is 2.28 bits per heavy atom. The van der Waals surface area contributed by atoms with Gasteiger partial charge in [0.15, 0.2) is 11.3 Å². The lowest BCUT2D eigenvalue weighted by Gasteiger charge is -2.34. The molecule has 0 aromatic carbocycles. The second kappa shape index (κ2) is 5.26. The summed E-state index contributed by atoms with van der Waals surface area (Å²) in [6.07, 6.45) is -7.49. The lowest BCUT2D eigenvalue weighted by Crippen LogP contribution is -2.48. The van der Waals surface area contributed by atoms with Crippen molar-refractivity contribution in [3.05, 3.63) is 0 Å². The quantitative estimate of drug-likeness (QED) is 0.807. The van der Waals surface area contributed by atoms with Crippen molar-refractivity contribution in [1.29, 1.82) is 0 Å². The first-order valence-electron chi connectivity index (χ1n) is 5.79. The molecule has 0 saturated carbocycles. The highest BCUT2D eigenvalue weighted by Gasteiger charge is 2.48. The summed E-state index contributed by atoms with van der Waals surface area (Å²) < 4.78 is 42.5. The van der Waals surface area contributed by atoms with E-state index in [-0.39, 0.29) is 12.5 Å². The number of alkyl halides is 3. The van der Waals surface area contributed by atoms with Gasteiger partial charge in [0.05, 0.1) is 12.1 Å². The lowest BCUT2D eigenvalue weighted by molar-refractivity contribution is -0.244. The standard InChI is InChI=1S/C10H15F3N2O2S/c1-2-14-9-15-5-3-4-6(17-8(5)18-9)7(16)10(11,12)13/h5-8,16H,2-4H2,1H3,(H,14,15). The Hall–Kier alpha value is -0.470. The number of aliphatic hydroxyl groups is 1. The summed E-state index contributed by atoms with van der Waals surface area (Å²) in [6, 6.07) is -0.0167. The third-order valence-electron chi connectivity index (χ3n) is 2.93. The van der Waals surface area contributed by atoms with Crippen LogP contribution in [0.4, 0.5) is 13.2 Å². The SMILES string of the molecule is CCN=C1NC2CCC(C(O)C(F)(F)F)OC2S1. The number of halogens is 3. The number of nitrogens with zero attached hydrogens (tertiary/aromatic N) is 1. The number of aliphatic hydroxyl groups excluding tert-OH is 1. The topological polar surface area (TPSA) is 53.9 Å². The van der Waals surface area contributed by atoms with E-state index in [0.29, 0.717) is 18.1 Å². The summed E-state index contributed by atoms with van der Waals surface area (Å²) in [6.45, 7) is 2.50. The number of aliphatic imine (C=N–C) groups is 1. The van der Waals surface area contributed by atoms with Gasteiger partial charge in [-0.2, -0.15) is 13.2 Å². The monoisotopic (exact) mass is 284 g/mol. The molecule has 4 unspecified atom stereocenters. The minimum absolute atomic E-state index is 0.0167. The average Bonchev–Trinajstić information content (AvgIpc) is 2.68. The Bertz CT molecular complexity index is 338. The molecule has 2 N–H and O–H groups in total. The predicted molar refractivity (Wildman–Crippen MR) is 62.4 cm³/mol. The molecule has 0 aromatic heterocycles. The van der Waals surface area contributed by atoms with Gasteiger partial charge in [-0.1, -0.05) is 11.8 Å². The Morgan fingerprint density at radius 1 is 1.56 bits per heavy atom. The molecule has 0 spiro atoms. The summed E-state index contributed by atoms with van der Waals surface area (Å²) >= 11 is 1.29. The molecule has 4 nitrogen and oxygen atoms in total. The van der Waals surface area contributed by atoms with Crippen LogP contribution in [0.3, 0.4) is 0 Å². The number of hydrogen-bond donors (Lipinski definition) is 2. The molecule has 8 heteroatoms. The molecular weight excluding hydrogens is 269 g/mol. The first kappa shape index (κ1) is 14.0. The van der Waals surface area contributed by atoms with Crippen molar-refractivity contribution in [2.75, 3.05) is 6.54 Å². The predicted octanol–water partition coefficient (Wildman–Crippen LogP) is 1.50. The fourth-order valence-corrected chi connectivity index (χ4v) is 3.25. The summed E-state index contributed by atoms with van der Waals surface area (Å²) in [5.41, 5.74) is -0.397. The van der Waals surface area contributed by atoms with E-state index in [1.54, 1.807) is 0 Å². The van der Waals surface area contributed by atoms with E-state index in [2.05, 4.69) is 10.3 Å². The Labute approximate surface area is 107 Å². The molecule has 2 aliphatic heterocycles. The van der Waals surface area contributed by atoms with E-state index in [1.807, 2.05) is 6.92 Å². The molecule has 2 fully saturated rings. The highest BCUT2D eigenvalue weighted by molar-refractivity contribution is 8.14. The Kier molecular flexibility index (Phi) is 4.08. The van der Waals surface area contributed by atoms with Crippen molar-refractivity contribution in [1.82, 2.24) is 5.32 Å². The molecule has 0 aromatic rings. The van der Waals surface area contributed by atoms with Gasteiger partial charge >= 0.3 is 6.18 Å². The molecular formula is C10H15F3N2O2S. The zero-order chi connectivity index (χ0) is 13.3. The molecule has 2 rings (SSSR count). The molecule has 0 amide bonds. The van der Waals surface area contributed by atoms with Gasteiger partial charge in [0.2, 0.25) is 0 Å². The van der Waals surface area contributed by atoms with Crippen LogP contribution in [-0.2, 0) is 4.74 Å². The lowest BCUT2D eigenvalue weighted by atomic mass is 10.0. The molecule has 2 saturated heterocycles. The maximum absolute atomic E-state index is 12.4. The van der Waals surface area contributed by atoms with Gasteiger partial charge in [0, 0.05) is 6.54 Å². The fourth-order valence-electron chi connectivity index (χ4n) is 2.04. The van der Waals surface area contributed by atoms with Gasteiger partial charge in [-0.05, 0) is 19.8 Å². The van der Waals surface area contributed by atoms with E-state index < -0.39 is 23.8 Å². The zero-order valence-electron chi connectivity index (χ0n) is 9.78. The number of fused-ring (bicyclic) bond motifs is 1. The summed E-state index contributed by atoms with van der Waals surface area (Å²) in [5.74, 6) is 0. The molecule has 4 atom stereocenters. The van der Waals surface area contributed by atoms with Crippen LogP contribution in [0.15, 0.2) is 4.99 Å². The molecule has 104 valence electrons. The fraction of sp³-hybridized carbons (Fsp3) is 0.900. The van der Waals surface area contributed by atoms with Crippen LogP contribution < -0.4 is 5.32 Å². The minimum Gasteiger partial charge on any atom is -0.381 e. The largest absolute Gasteiger partial charge is 0.416 e. The molecule has 2 heterocycles. The number of rotatable bonds is 2. The molecule has 0 radical (unpaired) electrons. The number of ether oxygens (including phenoxy) is 1. The van der Waals surface area contributed by atoms with Gasteiger partial charge in [0.1, 0.15) is 5.44 Å². The van der Waals surface area contributed by atoms with Crippen LogP contribution in [0.2, 0.25) is 0 Å². The van der Waals surface area contributed by atoms with Gasteiger partial charge < -0.3 is 15.2 Å². The van der Waals surface area contributed by atoms with Crippen molar-refractivity contribution in [2.45, 2.75) is 49.6 Å². The molecule has 0 bridgehead atoms. The first-order valence-corrected chi connectivity index (χ1v) is 6.67. The van der Waals surface area contributed by atoms with Crippen molar-refractivity contribution in [3.63, 3.8) is 0 Å². The van der Waals surface area contributed by atoms with E-state index in [1.165, 1.54) is 11.8 Å². The Balaban J connectivity index is 1.97. The molecule has 0 aliphatic carbocycles. The highest BCUT2D eigenvalue weighted by atomic mass is 32.2. The number of amidine groups is 1. The van der Waals surface area contributed by atoms with Crippen molar-refractivity contribution >= 4 is 16.9 Å². The third kappa shape index (κ3) is 2.92. The molecule has 2 aliphatic rings. The van der Waals surface area contributed by atoms with Crippen molar-refractivity contribution < 1.29 is 23.0 Å². The van der Waals surface area contributed by atoms with Gasteiger partial charge in [-0.3, -0.25) is 4.99 Å². The number of hydrogen-bond acceptors (Lipinski definition) is 4. The summed E-state index contributed by atoms with van der Waals surface area (Å²) in [4.78, 5) is 4.17. The number of thioether (sulfide) groups is 1. The summed E-state index contributed by atoms with van der Waals surface area (Å²) in [5, 5.41) is 13.0. The van der Waals surface area contributed by atoms with Crippen LogP contribution >= 0.6 is 11.8 Å². The van der Waals surface area contributed by atoms with Crippen LogP contribution in [0.1, 0.15) is 19.8 Å². The van der Waals surface area contributed by atoms with Crippen molar-refractivity contribution in [2.24, 2.45) is 4.99 Å². The van der Waals surface area contributed by atoms with Crippen LogP contribution in [0.5, 0.6) is 0 Å². The van der Waals surface area contributed by atoms with Gasteiger partial charge in [-0.25, -0.2) is 0 Å². The van der Waals surface area contributed by atoms with E-state index in [4.69, 9.17) is 4.74 Å². The van der Waals surface area contributed by atoms with Gasteiger partial charge in [-0.15, -0.1) is 0 Å². The maximum atomic E-state index is 12.4. The first-order chi connectivity index (χ1) is 8.41. The van der Waals surface area contributed by atoms with E-state index >= 15 is 0 Å². The molecule has 18 heavy (non-hydrogen) atoms. The normalized spacial score (nSPS) is 36.3. The van der Waals surface area contributed by atoms with Gasteiger partial charge in [0.25, 0.3) is 0 Å². The maximum Gasteiger partial charge on any atom is 0.416 e.